The third-order valence-corrected chi connectivity index (χ3v) is 7.67. The molecule has 45 heavy (non-hydrogen) atoms. The van der Waals surface area contributed by atoms with Gasteiger partial charge in [0.2, 0.25) is 0 Å². The summed E-state index contributed by atoms with van der Waals surface area (Å²) in [6, 6.07) is 27.4. The maximum atomic E-state index is 13.6. The van der Waals surface area contributed by atoms with Crippen molar-refractivity contribution >= 4 is 46.1 Å². The summed E-state index contributed by atoms with van der Waals surface area (Å²) in [5.74, 6) is -1.60. The van der Waals surface area contributed by atoms with Gasteiger partial charge in [-0.1, -0.05) is 74.5 Å². The molecular formula is C35H28N4O6. The van der Waals surface area contributed by atoms with E-state index in [-0.39, 0.29) is 56.3 Å². The number of benzene rings is 4. The largest absolute Gasteiger partial charge is 0.455 e. The van der Waals surface area contributed by atoms with Gasteiger partial charge in [-0.3, -0.25) is 29.8 Å². The highest BCUT2D eigenvalue weighted by Gasteiger charge is 2.49. The van der Waals surface area contributed by atoms with Crippen molar-refractivity contribution < 1.29 is 28.7 Å². The average Bonchev–Trinajstić information content (AvgIpc) is 3.49. The fraction of sp³-hybridized carbons (Fsp3) is 0.0857. The van der Waals surface area contributed by atoms with Gasteiger partial charge in [-0.15, -0.1) is 0 Å². The van der Waals surface area contributed by atoms with E-state index in [9.17, 15) is 19.2 Å². The second-order valence-electron chi connectivity index (χ2n) is 11.0. The zero-order chi connectivity index (χ0) is 31.9. The molecule has 0 saturated heterocycles. The summed E-state index contributed by atoms with van der Waals surface area (Å²) in [5.41, 5.74) is 11.9. The number of anilines is 2. The van der Waals surface area contributed by atoms with Gasteiger partial charge in [-0.05, 0) is 36.4 Å². The van der Waals surface area contributed by atoms with Crippen molar-refractivity contribution in [2.45, 2.75) is 13.8 Å². The maximum Gasteiger partial charge on any atom is 0.259 e. The Morgan fingerprint density at radius 1 is 0.511 bits per heavy atom. The molecule has 0 aromatic heterocycles. The number of nitrogen functional groups attached to an aromatic ring is 2. The van der Waals surface area contributed by atoms with Gasteiger partial charge in [0.1, 0.15) is 11.5 Å². The van der Waals surface area contributed by atoms with Crippen LogP contribution >= 0.6 is 0 Å². The molecule has 10 nitrogen and oxygen atoms in total. The van der Waals surface area contributed by atoms with E-state index in [1.807, 2.05) is 12.1 Å². The molecule has 0 radical (unpaired) electrons. The fourth-order valence-electron chi connectivity index (χ4n) is 5.69. The SMILES string of the molecule is CC(C)(C1=C(c2cccc(N)c2Oc2ccccc2)C(=O)NC1=O)C1=C(c2cccc(N)c2Oc2ccccc2)C(=O)NC1=O. The van der Waals surface area contributed by atoms with Gasteiger partial charge in [0, 0.05) is 27.7 Å². The van der Waals surface area contributed by atoms with Crippen molar-refractivity contribution in [1.29, 1.82) is 0 Å². The zero-order valence-corrected chi connectivity index (χ0v) is 24.3. The molecule has 10 heteroatoms. The Labute approximate surface area is 258 Å². The predicted octanol–water partition coefficient (Wildman–Crippen LogP) is 4.98. The molecule has 0 fully saturated rings. The molecule has 2 aliphatic rings. The van der Waals surface area contributed by atoms with Crippen LogP contribution in [-0.4, -0.2) is 23.6 Å². The molecule has 0 saturated carbocycles. The molecule has 6 N–H and O–H groups in total. The molecule has 0 atom stereocenters. The van der Waals surface area contributed by atoms with Crippen LogP contribution < -0.4 is 31.6 Å². The van der Waals surface area contributed by atoms with Crippen LogP contribution in [0.15, 0.2) is 108 Å². The highest BCUT2D eigenvalue weighted by Crippen LogP contribution is 2.49. The van der Waals surface area contributed by atoms with Gasteiger partial charge < -0.3 is 20.9 Å². The molecule has 2 heterocycles. The quantitative estimate of drug-likeness (QED) is 0.163. The van der Waals surface area contributed by atoms with E-state index in [1.165, 1.54) is 0 Å². The second kappa shape index (κ2) is 11.2. The zero-order valence-electron chi connectivity index (χ0n) is 24.3. The first-order valence-corrected chi connectivity index (χ1v) is 14.0. The number of nitrogens with one attached hydrogen (secondary N) is 2. The molecule has 0 unspecified atom stereocenters. The van der Waals surface area contributed by atoms with Gasteiger partial charge in [0.25, 0.3) is 23.6 Å². The number of carbonyl (C=O) groups is 4. The highest BCUT2D eigenvalue weighted by atomic mass is 16.5. The Balaban J connectivity index is 1.57. The highest BCUT2D eigenvalue weighted by molar-refractivity contribution is 6.40. The third kappa shape index (κ3) is 5.08. The summed E-state index contributed by atoms with van der Waals surface area (Å²) in [5, 5.41) is 4.71. The minimum absolute atomic E-state index is 0.0319. The fourth-order valence-corrected chi connectivity index (χ4v) is 5.69. The smallest absolute Gasteiger partial charge is 0.259 e. The van der Waals surface area contributed by atoms with E-state index in [0.29, 0.717) is 11.5 Å². The van der Waals surface area contributed by atoms with Crippen LogP contribution in [0.25, 0.3) is 11.1 Å². The lowest BCUT2D eigenvalue weighted by atomic mass is 9.72. The Hall–Kier alpha value is -6.16. The Morgan fingerprint density at radius 3 is 1.27 bits per heavy atom. The van der Waals surface area contributed by atoms with Crippen LogP contribution in [0.1, 0.15) is 25.0 Å². The van der Waals surface area contributed by atoms with Crippen LogP contribution in [0.3, 0.4) is 0 Å². The van der Waals surface area contributed by atoms with Crippen LogP contribution in [0.4, 0.5) is 11.4 Å². The molecule has 4 aromatic carbocycles. The summed E-state index contributed by atoms with van der Waals surface area (Å²) in [6.07, 6.45) is 0. The Morgan fingerprint density at radius 2 is 0.889 bits per heavy atom. The second-order valence-corrected chi connectivity index (χ2v) is 11.0. The van der Waals surface area contributed by atoms with Crippen molar-refractivity contribution in [3.05, 3.63) is 119 Å². The van der Waals surface area contributed by atoms with Crippen LogP contribution in [0, 0.1) is 5.41 Å². The minimum atomic E-state index is -1.50. The van der Waals surface area contributed by atoms with E-state index >= 15 is 0 Å². The summed E-state index contributed by atoms with van der Waals surface area (Å²) in [7, 11) is 0. The molecule has 6 rings (SSSR count). The summed E-state index contributed by atoms with van der Waals surface area (Å²) >= 11 is 0. The third-order valence-electron chi connectivity index (χ3n) is 7.67. The normalized spacial score (nSPS) is 15.0. The number of hydrogen-bond acceptors (Lipinski definition) is 8. The van der Waals surface area contributed by atoms with E-state index in [1.54, 1.807) is 98.8 Å². The standard InChI is InChI=1S/C35H28N4O6/c1-35(2,27-25(31(40)38-33(27)42)21-15-9-17-23(36)29(21)44-19-11-5-3-6-12-19)28-26(32(41)39-34(28)43)22-16-10-18-24(37)30(22)45-20-13-7-4-8-14-20/h3-18H,36-37H2,1-2H3,(H,38,40,42)(H,39,41,43). The molecule has 4 amide bonds. The lowest BCUT2D eigenvalue weighted by Gasteiger charge is -2.28. The summed E-state index contributed by atoms with van der Waals surface area (Å²) < 4.78 is 12.2. The van der Waals surface area contributed by atoms with Crippen molar-refractivity contribution in [2.75, 3.05) is 11.5 Å². The molecule has 0 spiro atoms. The number of ether oxygens (including phenoxy) is 2. The average molecular weight is 601 g/mol. The number of rotatable bonds is 8. The summed E-state index contributed by atoms with van der Waals surface area (Å²) in [6.45, 7) is 3.20. The minimum Gasteiger partial charge on any atom is -0.455 e. The molecular weight excluding hydrogens is 572 g/mol. The van der Waals surface area contributed by atoms with Gasteiger partial charge in [0.15, 0.2) is 11.5 Å². The van der Waals surface area contributed by atoms with Crippen molar-refractivity contribution in [3.8, 4) is 23.0 Å². The summed E-state index contributed by atoms with van der Waals surface area (Å²) in [4.78, 5) is 54.1. The first kappa shape index (κ1) is 28.9. The Kier molecular flexibility index (Phi) is 7.18. The Bertz CT molecular complexity index is 1820. The van der Waals surface area contributed by atoms with E-state index in [4.69, 9.17) is 20.9 Å². The monoisotopic (exact) mass is 600 g/mol. The number of carbonyl (C=O) groups excluding carboxylic acids is 4. The van der Waals surface area contributed by atoms with Crippen molar-refractivity contribution in [2.24, 2.45) is 5.41 Å². The lowest BCUT2D eigenvalue weighted by Crippen LogP contribution is -2.32. The molecule has 0 bridgehead atoms. The van der Waals surface area contributed by atoms with Gasteiger partial charge in [-0.25, -0.2) is 0 Å². The number of para-hydroxylation sites is 4. The number of amides is 4. The molecule has 0 aliphatic carbocycles. The number of nitrogens with two attached hydrogens (primary N) is 2. The van der Waals surface area contributed by atoms with Crippen LogP contribution in [-0.2, 0) is 19.2 Å². The van der Waals surface area contributed by atoms with E-state index < -0.39 is 29.0 Å². The van der Waals surface area contributed by atoms with Crippen LogP contribution in [0.2, 0.25) is 0 Å². The van der Waals surface area contributed by atoms with Crippen molar-refractivity contribution in [1.82, 2.24) is 10.6 Å². The predicted molar refractivity (Wildman–Crippen MR) is 169 cm³/mol. The number of imide groups is 2. The van der Waals surface area contributed by atoms with Gasteiger partial charge in [-0.2, -0.15) is 0 Å². The lowest BCUT2D eigenvalue weighted by molar-refractivity contribution is -0.124. The van der Waals surface area contributed by atoms with Crippen molar-refractivity contribution in [3.63, 3.8) is 0 Å². The van der Waals surface area contributed by atoms with E-state index in [0.717, 1.165) is 0 Å². The molecule has 4 aromatic rings. The van der Waals surface area contributed by atoms with Crippen LogP contribution in [0.5, 0.6) is 23.0 Å². The number of hydrogen-bond donors (Lipinski definition) is 4. The van der Waals surface area contributed by atoms with E-state index in [2.05, 4.69) is 10.6 Å². The molecule has 2 aliphatic heterocycles. The topological polar surface area (TPSA) is 163 Å². The first-order valence-electron chi connectivity index (χ1n) is 14.0. The molecule has 224 valence electrons. The van der Waals surface area contributed by atoms with Gasteiger partial charge in [0.05, 0.1) is 22.5 Å². The van der Waals surface area contributed by atoms with Gasteiger partial charge >= 0.3 is 0 Å². The maximum absolute atomic E-state index is 13.6. The first-order chi connectivity index (χ1) is 21.6.